The van der Waals surface area contributed by atoms with Gasteiger partial charge in [-0.15, -0.1) is 0 Å². The van der Waals surface area contributed by atoms with E-state index in [0.717, 1.165) is 11.4 Å². The third-order valence-corrected chi connectivity index (χ3v) is 3.23. The number of benzene rings is 1. The second-order valence-electron chi connectivity index (χ2n) is 4.72. The molecule has 6 heteroatoms. The lowest BCUT2D eigenvalue weighted by atomic mass is 10.3. The van der Waals surface area contributed by atoms with Gasteiger partial charge in [-0.3, -0.25) is 0 Å². The molecule has 0 saturated carbocycles. The molecule has 0 aliphatic rings. The van der Waals surface area contributed by atoms with Crippen molar-refractivity contribution in [1.29, 1.82) is 0 Å². The smallest absolute Gasteiger partial charge is 0.151 e. The standard InChI is InChI=1S/C15H17Cl2N3O/c1-9(2)21-11-6-4-10(5-7-11)19-15-13(17)8-12(16)14(18-3)20-15/h4-9H,1-3H3,(H2,18,19,20). The fourth-order valence-electron chi connectivity index (χ4n) is 1.76. The maximum atomic E-state index is 6.15. The molecule has 0 aliphatic carbocycles. The number of pyridine rings is 1. The SMILES string of the molecule is CNc1nc(Nc2ccc(OC(C)C)cc2)c(Cl)cc1Cl. The van der Waals surface area contributed by atoms with Gasteiger partial charge in [0.1, 0.15) is 11.6 Å². The predicted octanol–water partition coefficient (Wildman–Crippen LogP) is 4.96. The molecule has 4 nitrogen and oxygen atoms in total. The predicted molar refractivity (Wildman–Crippen MR) is 89.3 cm³/mol. The summed E-state index contributed by atoms with van der Waals surface area (Å²) in [5, 5.41) is 7.02. The number of halogens is 2. The Morgan fingerprint density at radius 1 is 1.05 bits per heavy atom. The highest BCUT2D eigenvalue weighted by Gasteiger charge is 2.09. The molecule has 0 bridgehead atoms. The summed E-state index contributed by atoms with van der Waals surface area (Å²) >= 11 is 12.2. The van der Waals surface area contributed by atoms with Crippen LogP contribution in [0.2, 0.25) is 10.0 Å². The highest BCUT2D eigenvalue weighted by Crippen LogP contribution is 2.31. The van der Waals surface area contributed by atoms with E-state index in [4.69, 9.17) is 27.9 Å². The van der Waals surface area contributed by atoms with Crippen molar-refractivity contribution in [3.05, 3.63) is 40.4 Å². The molecule has 0 unspecified atom stereocenters. The first-order chi connectivity index (χ1) is 9.99. The van der Waals surface area contributed by atoms with Crippen molar-refractivity contribution in [2.24, 2.45) is 0 Å². The van der Waals surface area contributed by atoms with Gasteiger partial charge in [-0.05, 0) is 44.2 Å². The third-order valence-electron chi connectivity index (χ3n) is 2.66. The summed E-state index contributed by atoms with van der Waals surface area (Å²) in [6, 6.07) is 9.25. The van der Waals surface area contributed by atoms with E-state index in [9.17, 15) is 0 Å². The van der Waals surface area contributed by atoms with Crippen LogP contribution in [0.25, 0.3) is 0 Å². The Morgan fingerprint density at radius 3 is 2.24 bits per heavy atom. The van der Waals surface area contributed by atoms with Crippen LogP contribution in [0.5, 0.6) is 5.75 Å². The lowest BCUT2D eigenvalue weighted by Gasteiger charge is -2.12. The fraction of sp³-hybridized carbons (Fsp3) is 0.267. The van der Waals surface area contributed by atoms with Gasteiger partial charge in [0.2, 0.25) is 0 Å². The first-order valence-electron chi connectivity index (χ1n) is 6.57. The van der Waals surface area contributed by atoms with E-state index in [-0.39, 0.29) is 6.10 Å². The topological polar surface area (TPSA) is 46.2 Å². The van der Waals surface area contributed by atoms with Gasteiger partial charge in [-0.2, -0.15) is 0 Å². The molecule has 21 heavy (non-hydrogen) atoms. The third kappa shape index (κ3) is 4.16. The minimum absolute atomic E-state index is 0.148. The first-order valence-corrected chi connectivity index (χ1v) is 7.32. The number of ether oxygens (including phenoxy) is 1. The average molecular weight is 326 g/mol. The van der Waals surface area contributed by atoms with E-state index < -0.39 is 0 Å². The van der Waals surface area contributed by atoms with E-state index in [1.54, 1.807) is 13.1 Å². The number of hydrogen-bond acceptors (Lipinski definition) is 4. The summed E-state index contributed by atoms with van der Waals surface area (Å²) in [4.78, 5) is 4.34. The zero-order valence-electron chi connectivity index (χ0n) is 12.1. The van der Waals surface area contributed by atoms with Gasteiger partial charge in [0.15, 0.2) is 5.82 Å². The van der Waals surface area contributed by atoms with E-state index >= 15 is 0 Å². The van der Waals surface area contributed by atoms with Crippen molar-refractivity contribution >= 4 is 40.5 Å². The van der Waals surface area contributed by atoms with Gasteiger partial charge in [-0.1, -0.05) is 23.2 Å². The molecule has 1 heterocycles. The maximum Gasteiger partial charge on any atom is 0.151 e. The molecule has 0 aliphatic heterocycles. The van der Waals surface area contributed by atoms with E-state index in [1.165, 1.54) is 0 Å². The molecule has 0 amide bonds. The van der Waals surface area contributed by atoms with Crippen molar-refractivity contribution in [3.63, 3.8) is 0 Å². The van der Waals surface area contributed by atoms with Crippen LogP contribution >= 0.6 is 23.2 Å². The maximum absolute atomic E-state index is 6.15. The molecule has 0 atom stereocenters. The Morgan fingerprint density at radius 2 is 1.67 bits per heavy atom. The van der Waals surface area contributed by atoms with Crippen LogP contribution in [0.1, 0.15) is 13.8 Å². The molecular weight excluding hydrogens is 309 g/mol. The van der Waals surface area contributed by atoms with Crippen molar-refractivity contribution in [3.8, 4) is 5.75 Å². The van der Waals surface area contributed by atoms with Crippen LogP contribution in [-0.4, -0.2) is 18.1 Å². The van der Waals surface area contributed by atoms with Crippen LogP contribution in [0.4, 0.5) is 17.3 Å². The summed E-state index contributed by atoms with van der Waals surface area (Å²) < 4.78 is 5.60. The molecule has 1 aromatic heterocycles. The highest BCUT2D eigenvalue weighted by atomic mass is 35.5. The lowest BCUT2D eigenvalue weighted by Crippen LogP contribution is -2.05. The molecule has 0 saturated heterocycles. The van der Waals surface area contributed by atoms with Gasteiger partial charge >= 0.3 is 0 Å². The molecule has 0 radical (unpaired) electrons. The molecule has 0 fully saturated rings. The summed E-state index contributed by atoms with van der Waals surface area (Å²) in [5.74, 6) is 1.94. The minimum atomic E-state index is 0.148. The van der Waals surface area contributed by atoms with E-state index in [1.807, 2.05) is 38.1 Å². The number of rotatable bonds is 5. The van der Waals surface area contributed by atoms with Crippen LogP contribution in [0.3, 0.4) is 0 Å². The monoisotopic (exact) mass is 325 g/mol. The number of nitrogens with zero attached hydrogens (tertiary/aromatic N) is 1. The second kappa shape index (κ2) is 6.87. The van der Waals surface area contributed by atoms with Crippen molar-refractivity contribution in [1.82, 2.24) is 4.98 Å². The number of nitrogens with one attached hydrogen (secondary N) is 2. The second-order valence-corrected chi connectivity index (χ2v) is 5.53. The highest BCUT2D eigenvalue weighted by molar-refractivity contribution is 6.37. The largest absolute Gasteiger partial charge is 0.491 e. The minimum Gasteiger partial charge on any atom is -0.491 e. The van der Waals surface area contributed by atoms with Crippen molar-refractivity contribution in [2.75, 3.05) is 17.7 Å². The van der Waals surface area contributed by atoms with Crippen LogP contribution in [-0.2, 0) is 0 Å². The normalized spacial score (nSPS) is 10.6. The Labute approximate surface area is 134 Å². The Balaban J connectivity index is 2.18. The summed E-state index contributed by atoms with van der Waals surface area (Å²) in [6.07, 6.45) is 0.148. The van der Waals surface area contributed by atoms with E-state index in [2.05, 4.69) is 15.6 Å². The zero-order chi connectivity index (χ0) is 15.4. The zero-order valence-corrected chi connectivity index (χ0v) is 13.6. The number of anilines is 3. The van der Waals surface area contributed by atoms with E-state index in [0.29, 0.717) is 21.7 Å². The fourth-order valence-corrected chi connectivity index (χ4v) is 2.26. The van der Waals surface area contributed by atoms with Gasteiger partial charge in [0.25, 0.3) is 0 Å². The summed E-state index contributed by atoms with van der Waals surface area (Å²) in [5.41, 5.74) is 0.866. The average Bonchev–Trinajstić information content (AvgIpc) is 2.43. The molecular formula is C15H17Cl2N3O. The molecule has 2 N–H and O–H groups in total. The first kappa shape index (κ1) is 15.7. The molecule has 2 aromatic rings. The van der Waals surface area contributed by atoms with Gasteiger partial charge < -0.3 is 15.4 Å². The molecule has 112 valence electrons. The Bertz CT molecular complexity index is 615. The van der Waals surface area contributed by atoms with Gasteiger partial charge in [-0.25, -0.2) is 4.98 Å². The quantitative estimate of drug-likeness (QED) is 0.815. The van der Waals surface area contributed by atoms with Crippen LogP contribution < -0.4 is 15.4 Å². The summed E-state index contributed by atoms with van der Waals surface area (Å²) in [7, 11) is 1.75. The van der Waals surface area contributed by atoms with Crippen molar-refractivity contribution < 1.29 is 4.74 Å². The molecule has 1 aromatic carbocycles. The molecule has 2 rings (SSSR count). The van der Waals surface area contributed by atoms with Crippen LogP contribution in [0.15, 0.2) is 30.3 Å². The summed E-state index contributed by atoms with van der Waals surface area (Å²) in [6.45, 7) is 3.98. The van der Waals surface area contributed by atoms with Crippen molar-refractivity contribution in [2.45, 2.75) is 20.0 Å². The molecule has 0 spiro atoms. The van der Waals surface area contributed by atoms with Gasteiger partial charge in [0.05, 0.1) is 16.1 Å². The number of aromatic nitrogens is 1. The Kier molecular flexibility index (Phi) is 5.15. The number of hydrogen-bond donors (Lipinski definition) is 2. The van der Waals surface area contributed by atoms with Gasteiger partial charge in [0, 0.05) is 12.7 Å². The van der Waals surface area contributed by atoms with Crippen LogP contribution in [0, 0.1) is 0 Å². The lowest BCUT2D eigenvalue weighted by molar-refractivity contribution is 0.242. The Hall–Kier alpha value is -1.65.